The molecule has 2 aromatic heterocycles. The second kappa shape index (κ2) is 7.32. The molecule has 0 atom stereocenters. The molecule has 8 heteroatoms. The van der Waals surface area contributed by atoms with Crippen LogP contribution in [0.15, 0.2) is 35.1 Å². The first kappa shape index (κ1) is 17.4. The van der Waals surface area contributed by atoms with Gasteiger partial charge in [-0.25, -0.2) is 4.68 Å². The van der Waals surface area contributed by atoms with Crippen LogP contribution in [0.3, 0.4) is 0 Å². The molecular weight excluding hydrogens is 344 g/mol. The molecular formula is C19H22N6O2. The zero-order valence-electron chi connectivity index (χ0n) is 15.2. The van der Waals surface area contributed by atoms with Gasteiger partial charge in [-0.05, 0) is 32.0 Å². The summed E-state index contributed by atoms with van der Waals surface area (Å²) < 4.78 is 3.21. The maximum atomic E-state index is 12.6. The molecule has 27 heavy (non-hydrogen) atoms. The standard InChI is InChI=1S/C19H22N6O2/c1-13-16-5-2-3-6-17(16)19(27)25(22-13)12-18(26)21-10-14-9-15-11-20-7-4-8-24(15)23-14/h2-3,5-6,9,20H,4,7-8,10-12H2,1H3,(H,21,26). The summed E-state index contributed by atoms with van der Waals surface area (Å²) in [7, 11) is 0. The molecule has 0 aliphatic carbocycles. The van der Waals surface area contributed by atoms with Crippen LogP contribution in [0.25, 0.3) is 10.8 Å². The Hall–Kier alpha value is -3.00. The van der Waals surface area contributed by atoms with E-state index in [4.69, 9.17) is 0 Å². The highest BCUT2D eigenvalue weighted by Gasteiger charge is 2.13. The lowest BCUT2D eigenvalue weighted by molar-refractivity contribution is -0.122. The van der Waals surface area contributed by atoms with Gasteiger partial charge in [0.25, 0.3) is 5.56 Å². The van der Waals surface area contributed by atoms with Crippen molar-refractivity contribution in [1.82, 2.24) is 30.2 Å². The fourth-order valence-electron chi connectivity index (χ4n) is 3.40. The highest BCUT2D eigenvalue weighted by Crippen LogP contribution is 2.12. The molecule has 1 amide bonds. The van der Waals surface area contributed by atoms with Gasteiger partial charge in [0.1, 0.15) is 6.54 Å². The molecule has 1 aliphatic heterocycles. The molecule has 2 N–H and O–H groups in total. The lowest BCUT2D eigenvalue weighted by Crippen LogP contribution is -2.34. The van der Waals surface area contributed by atoms with Gasteiger partial charge in [-0.2, -0.15) is 10.2 Å². The van der Waals surface area contributed by atoms with E-state index in [1.807, 2.05) is 35.9 Å². The van der Waals surface area contributed by atoms with Gasteiger partial charge < -0.3 is 10.6 Å². The predicted octanol–water partition coefficient (Wildman–Crippen LogP) is 0.711. The third-order valence-corrected chi connectivity index (χ3v) is 4.76. The average molecular weight is 366 g/mol. The molecule has 1 aromatic carbocycles. The van der Waals surface area contributed by atoms with E-state index in [0.29, 0.717) is 11.9 Å². The molecule has 0 fully saturated rings. The molecule has 0 saturated carbocycles. The van der Waals surface area contributed by atoms with Gasteiger partial charge >= 0.3 is 0 Å². The van der Waals surface area contributed by atoms with E-state index in [1.54, 1.807) is 6.07 Å². The first-order valence-corrected chi connectivity index (χ1v) is 9.11. The Labute approximate surface area is 156 Å². The molecule has 4 rings (SSSR count). The van der Waals surface area contributed by atoms with Gasteiger partial charge in [0.05, 0.1) is 29.0 Å². The lowest BCUT2D eigenvalue weighted by Gasteiger charge is -2.09. The first-order valence-electron chi connectivity index (χ1n) is 9.11. The second-order valence-electron chi connectivity index (χ2n) is 6.75. The molecule has 3 aromatic rings. The minimum absolute atomic E-state index is 0.111. The number of nitrogens with one attached hydrogen (secondary N) is 2. The Bertz CT molecular complexity index is 1030. The summed E-state index contributed by atoms with van der Waals surface area (Å²) in [5, 5.41) is 16.4. The summed E-state index contributed by atoms with van der Waals surface area (Å²) in [6, 6.07) is 9.30. The maximum absolute atomic E-state index is 12.6. The van der Waals surface area contributed by atoms with Crippen LogP contribution in [0, 0.1) is 6.92 Å². The summed E-state index contributed by atoms with van der Waals surface area (Å²) in [6.07, 6.45) is 1.04. The van der Waals surface area contributed by atoms with Crippen molar-refractivity contribution in [2.45, 2.75) is 39.5 Å². The number of carbonyl (C=O) groups is 1. The highest BCUT2D eigenvalue weighted by atomic mass is 16.2. The smallest absolute Gasteiger partial charge is 0.275 e. The van der Waals surface area contributed by atoms with E-state index < -0.39 is 0 Å². The Morgan fingerprint density at radius 1 is 1.26 bits per heavy atom. The number of nitrogens with zero attached hydrogens (tertiary/aromatic N) is 4. The van der Waals surface area contributed by atoms with Gasteiger partial charge in [0, 0.05) is 18.5 Å². The zero-order chi connectivity index (χ0) is 18.8. The fourth-order valence-corrected chi connectivity index (χ4v) is 3.40. The quantitative estimate of drug-likeness (QED) is 0.709. The molecule has 0 bridgehead atoms. The summed E-state index contributed by atoms with van der Waals surface area (Å²) in [4.78, 5) is 24.9. The van der Waals surface area contributed by atoms with Crippen LogP contribution in [0.2, 0.25) is 0 Å². The Kier molecular flexibility index (Phi) is 4.72. The van der Waals surface area contributed by atoms with Crippen molar-refractivity contribution < 1.29 is 4.79 Å². The van der Waals surface area contributed by atoms with E-state index in [9.17, 15) is 9.59 Å². The predicted molar refractivity (Wildman–Crippen MR) is 101 cm³/mol. The molecule has 1 aliphatic rings. The first-order chi connectivity index (χ1) is 13.1. The zero-order valence-corrected chi connectivity index (χ0v) is 15.2. The molecule has 0 saturated heterocycles. The van der Waals surface area contributed by atoms with E-state index in [-0.39, 0.29) is 18.0 Å². The molecule has 3 heterocycles. The number of carbonyl (C=O) groups excluding carboxylic acids is 1. The lowest BCUT2D eigenvalue weighted by atomic mass is 10.1. The van der Waals surface area contributed by atoms with E-state index in [1.165, 1.54) is 4.68 Å². The summed E-state index contributed by atoms with van der Waals surface area (Å²) in [5.41, 5.74) is 2.41. The van der Waals surface area contributed by atoms with Gasteiger partial charge in [-0.1, -0.05) is 18.2 Å². The van der Waals surface area contributed by atoms with Crippen LogP contribution in [0.4, 0.5) is 0 Å². The van der Waals surface area contributed by atoms with Crippen molar-refractivity contribution in [2.75, 3.05) is 6.54 Å². The number of rotatable bonds is 4. The summed E-state index contributed by atoms with van der Waals surface area (Å²) >= 11 is 0. The van der Waals surface area contributed by atoms with Crippen LogP contribution in [-0.4, -0.2) is 32.0 Å². The van der Waals surface area contributed by atoms with Crippen LogP contribution >= 0.6 is 0 Å². The van der Waals surface area contributed by atoms with Crippen LogP contribution in [0.1, 0.15) is 23.5 Å². The maximum Gasteiger partial charge on any atom is 0.275 e. The van der Waals surface area contributed by atoms with Crippen molar-refractivity contribution >= 4 is 16.7 Å². The normalized spacial score (nSPS) is 14.0. The number of hydrogen-bond donors (Lipinski definition) is 2. The second-order valence-corrected chi connectivity index (χ2v) is 6.75. The molecule has 140 valence electrons. The third-order valence-electron chi connectivity index (χ3n) is 4.76. The van der Waals surface area contributed by atoms with Gasteiger partial charge in [0.2, 0.25) is 5.91 Å². The van der Waals surface area contributed by atoms with Crippen LogP contribution < -0.4 is 16.2 Å². The number of amides is 1. The van der Waals surface area contributed by atoms with E-state index in [0.717, 1.165) is 48.5 Å². The number of benzene rings is 1. The SMILES string of the molecule is Cc1nn(CC(=O)NCc2cc3n(n2)CCCNC3)c(=O)c2ccccc12. The van der Waals surface area contributed by atoms with E-state index >= 15 is 0 Å². The largest absolute Gasteiger partial charge is 0.349 e. The summed E-state index contributed by atoms with van der Waals surface area (Å²) in [5.74, 6) is -0.263. The average Bonchev–Trinajstić information content (AvgIpc) is 2.93. The van der Waals surface area contributed by atoms with Gasteiger partial charge in [-0.3, -0.25) is 14.3 Å². The minimum Gasteiger partial charge on any atom is -0.349 e. The van der Waals surface area contributed by atoms with Crippen molar-refractivity contribution in [3.63, 3.8) is 0 Å². The topological polar surface area (TPSA) is 93.8 Å². The molecule has 0 radical (unpaired) electrons. The molecule has 8 nitrogen and oxygen atoms in total. The Balaban J connectivity index is 1.45. The van der Waals surface area contributed by atoms with Crippen molar-refractivity contribution in [3.8, 4) is 0 Å². The number of aryl methyl sites for hydroxylation is 2. The highest BCUT2D eigenvalue weighted by molar-refractivity contribution is 5.83. The van der Waals surface area contributed by atoms with Crippen LogP contribution in [-0.2, 0) is 31.0 Å². The van der Waals surface area contributed by atoms with Crippen molar-refractivity contribution in [2.24, 2.45) is 0 Å². The van der Waals surface area contributed by atoms with Gasteiger partial charge in [-0.15, -0.1) is 0 Å². The molecule has 0 spiro atoms. The van der Waals surface area contributed by atoms with Crippen molar-refractivity contribution in [1.29, 1.82) is 0 Å². The Morgan fingerprint density at radius 2 is 2.07 bits per heavy atom. The van der Waals surface area contributed by atoms with Crippen LogP contribution in [0.5, 0.6) is 0 Å². The number of hydrogen-bond acceptors (Lipinski definition) is 5. The third kappa shape index (κ3) is 3.61. The number of fused-ring (bicyclic) bond motifs is 2. The minimum atomic E-state index is -0.263. The van der Waals surface area contributed by atoms with Crippen molar-refractivity contribution in [3.05, 3.63) is 57.8 Å². The monoisotopic (exact) mass is 366 g/mol. The summed E-state index contributed by atoms with van der Waals surface area (Å²) in [6.45, 7) is 4.72. The number of aromatic nitrogens is 4. The Morgan fingerprint density at radius 3 is 2.93 bits per heavy atom. The van der Waals surface area contributed by atoms with E-state index in [2.05, 4.69) is 20.8 Å². The fraction of sp³-hybridized carbons (Fsp3) is 0.368. The van der Waals surface area contributed by atoms with Gasteiger partial charge in [0.15, 0.2) is 0 Å². The molecule has 0 unspecified atom stereocenters.